The van der Waals surface area contributed by atoms with E-state index in [1.54, 1.807) is 0 Å². The van der Waals surface area contributed by atoms with Crippen molar-refractivity contribution in [2.24, 2.45) is 0 Å². The SMILES string of the molecule is CCCNC(=O)NC(=O)COC(=O)c1cc(F)cc(F)c1. The summed E-state index contributed by atoms with van der Waals surface area (Å²) in [6.45, 7) is 1.49. The lowest BCUT2D eigenvalue weighted by atomic mass is 10.2. The van der Waals surface area contributed by atoms with Crippen LogP contribution in [0.1, 0.15) is 23.7 Å². The van der Waals surface area contributed by atoms with Crippen molar-refractivity contribution in [3.8, 4) is 0 Å². The second-order valence-corrected chi connectivity index (χ2v) is 4.04. The van der Waals surface area contributed by atoms with Gasteiger partial charge in [-0.15, -0.1) is 0 Å². The molecule has 0 aromatic heterocycles. The van der Waals surface area contributed by atoms with E-state index in [9.17, 15) is 23.2 Å². The van der Waals surface area contributed by atoms with Gasteiger partial charge >= 0.3 is 12.0 Å². The highest BCUT2D eigenvalue weighted by Gasteiger charge is 2.14. The molecule has 114 valence electrons. The molecule has 2 N–H and O–H groups in total. The number of halogens is 2. The van der Waals surface area contributed by atoms with Crippen LogP contribution in [0, 0.1) is 11.6 Å². The van der Waals surface area contributed by atoms with Crippen molar-refractivity contribution < 1.29 is 27.9 Å². The van der Waals surface area contributed by atoms with E-state index in [2.05, 4.69) is 10.1 Å². The van der Waals surface area contributed by atoms with Crippen LogP contribution in [-0.2, 0) is 9.53 Å². The number of carbonyl (C=O) groups excluding carboxylic acids is 3. The van der Waals surface area contributed by atoms with Crippen molar-refractivity contribution in [2.45, 2.75) is 13.3 Å². The molecular weight excluding hydrogens is 286 g/mol. The van der Waals surface area contributed by atoms with Crippen molar-refractivity contribution in [3.05, 3.63) is 35.4 Å². The summed E-state index contributed by atoms with van der Waals surface area (Å²) < 4.78 is 30.3. The van der Waals surface area contributed by atoms with E-state index in [0.717, 1.165) is 12.1 Å². The molecule has 1 aromatic carbocycles. The van der Waals surface area contributed by atoms with Crippen LogP contribution < -0.4 is 10.6 Å². The summed E-state index contributed by atoms with van der Waals surface area (Å²) in [5.74, 6) is -3.80. The maximum Gasteiger partial charge on any atom is 0.338 e. The number of ether oxygens (including phenoxy) is 1. The molecule has 0 heterocycles. The lowest BCUT2D eigenvalue weighted by Crippen LogP contribution is -2.41. The number of carbonyl (C=O) groups is 3. The summed E-state index contributed by atoms with van der Waals surface area (Å²) in [6.07, 6.45) is 0.696. The fourth-order valence-electron chi connectivity index (χ4n) is 1.33. The summed E-state index contributed by atoms with van der Waals surface area (Å²) in [5, 5.41) is 4.32. The van der Waals surface area contributed by atoms with Crippen LogP contribution in [0.15, 0.2) is 18.2 Å². The third kappa shape index (κ3) is 5.98. The number of nitrogens with one attached hydrogen (secondary N) is 2. The predicted octanol–water partition coefficient (Wildman–Crippen LogP) is 1.36. The molecule has 0 spiro atoms. The van der Waals surface area contributed by atoms with Crippen LogP contribution in [0.5, 0.6) is 0 Å². The predicted molar refractivity (Wildman–Crippen MR) is 68.5 cm³/mol. The highest BCUT2D eigenvalue weighted by atomic mass is 19.1. The van der Waals surface area contributed by atoms with Crippen molar-refractivity contribution in [2.75, 3.05) is 13.2 Å². The minimum absolute atomic E-state index is 0.365. The molecule has 6 nitrogen and oxygen atoms in total. The summed E-state index contributed by atoms with van der Waals surface area (Å²) in [7, 11) is 0. The fraction of sp³-hybridized carbons (Fsp3) is 0.308. The molecule has 0 aliphatic heterocycles. The topological polar surface area (TPSA) is 84.5 Å². The van der Waals surface area contributed by atoms with Gasteiger partial charge in [0.25, 0.3) is 5.91 Å². The zero-order valence-electron chi connectivity index (χ0n) is 11.2. The second-order valence-electron chi connectivity index (χ2n) is 4.04. The highest BCUT2D eigenvalue weighted by Crippen LogP contribution is 2.09. The molecule has 0 aliphatic rings. The molecule has 0 fully saturated rings. The number of esters is 1. The van der Waals surface area contributed by atoms with E-state index in [4.69, 9.17) is 0 Å². The van der Waals surface area contributed by atoms with Crippen LogP contribution in [0.3, 0.4) is 0 Å². The Morgan fingerprint density at radius 1 is 1.14 bits per heavy atom. The number of amides is 3. The van der Waals surface area contributed by atoms with Gasteiger partial charge in [0.2, 0.25) is 0 Å². The first kappa shape index (κ1) is 16.5. The van der Waals surface area contributed by atoms with E-state index in [1.807, 2.05) is 12.2 Å². The Labute approximate surface area is 119 Å². The second kappa shape index (κ2) is 7.93. The first-order chi connectivity index (χ1) is 9.92. The number of hydrogen-bond donors (Lipinski definition) is 2. The van der Waals surface area contributed by atoms with Gasteiger partial charge in [0.05, 0.1) is 5.56 Å². The van der Waals surface area contributed by atoms with Gasteiger partial charge in [0, 0.05) is 12.6 Å². The third-order valence-corrected chi connectivity index (χ3v) is 2.22. The van der Waals surface area contributed by atoms with Crippen molar-refractivity contribution in [3.63, 3.8) is 0 Å². The molecular formula is C13H14F2N2O4. The molecule has 0 atom stereocenters. The van der Waals surface area contributed by atoms with Crippen LogP contribution in [0.25, 0.3) is 0 Å². The molecule has 0 aliphatic carbocycles. The number of hydrogen-bond acceptors (Lipinski definition) is 4. The van der Waals surface area contributed by atoms with Crippen LogP contribution in [-0.4, -0.2) is 31.1 Å². The lowest BCUT2D eigenvalue weighted by Gasteiger charge is -2.07. The summed E-state index contributed by atoms with van der Waals surface area (Å²) in [6, 6.07) is 1.44. The van der Waals surface area contributed by atoms with Crippen LogP contribution in [0.4, 0.5) is 13.6 Å². The number of rotatable bonds is 5. The van der Waals surface area contributed by atoms with E-state index >= 15 is 0 Å². The Kier molecular flexibility index (Phi) is 6.25. The normalized spacial score (nSPS) is 9.86. The van der Waals surface area contributed by atoms with Crippen LogP contribution in [0.2, 0.25) is 0 Å². The smallest absolute Gasteiger partial charge is 0.338 e. The number of urea groups is 1. The third-order valence-electron chi connectivity index (χ3n) is 2.22. The zero-order valence-corrected chi connectivity index (χ0v) is 11.2. The first-order valence-electron chi connectivity index (χ1n) is 6.13. The Morgan fingerprint density at radius 2 is 1.76 bits per heavy atom. The molecule has 1 aromatic rings. The van der Waals surface area contributed by atoms with Gasteiger partial charge in [0.1, 0.15) is 11.6 Å². The maximum absolute atomic E-state index is 12.9. The molecule has 3 amide bonds. The van der Waals surface area contributed by atoms with E-state index < -0.39 is 36.1 Å². The van der Waals surface area contributed by atoms with Crippen molar-refractivity contribution >= 4 is 17.9 Å². The van der Waals surface area contributed by atoms with Gasteiger partial charge in [0.15, 0.2) is 6.61 Å². The molecule has 8 heteroatoms. The van der Waals surface area contributed by atoms with Gasteiger partial charge < -0.3 is 10.1 Å². The zero-order chi connectivity index (χ0) is 15.8. The average molecular weight is 300 g/mol. The maximum atomic E-state index is 12.9. The minimum Gasteiger partial charge on any atom is -0.452 e. The quantitative estimate of drug-likeness (QED) is 0.804. The Balaban J connectivity index is 2.45. The van der Waals surface area contributed by atoms with Crippen LogP contribution >= 0.6 is 0 Å². The first-order valence-corrected chi connectivity index (χ1v) is 6.13. The summed E-state index contributed by atoms with van der Waals surface area (Å²) in [5.41, 5.74) is -0.365. The Hall–Kier alpha value is -2.51. The molecule has 0 bridgehead atoms. The van der Waals surface area contributed by atoms with E-state index in [-0.39, 0.29) is 5.56 Å². The Morgan fingerprint density at radius 3 is 2.33 bits per heavy atom. The molecule has 0 radical (unpaired) electrons. The van der Waals surface area contributed by atoms with Gasteiger partial charge in [-0.1, -0.05) is 6.92 Å². The number of benzene rings is 1. The summed E-state index contributed by atoms with van der Waals surface area (Å²) >= 11 is 0. The van der Waals surface area contributed by atoms with E-state index in [1.165, 1.54) is 0 Å². The van der Waals surface area contributed by atoms with Gasteiger partial charge in [-0.3, -0.25) is 10.1 Å². The molecule has 0 saturated carbocycles. The van der Waals surface area contributed by atoms with Gasteiger partial charge in [-0.25, -0.2) is 18.4 Å². The van der Waals surface area contributed by atoms with Crippen molar-refractivity contribution in [1.82, 2.24) is 10.6 Å². The summed E-state index contributed by atoms with van der Waals surface area (Å²) in [4.78, 5) is 33.9. The van der Waals surface area contributed by atoms with Gasteiger partial charge in [-0.05, 0) is 18.6 Å². The van der Waals surface area contributed by atoms with Gasteiger partial charge in [-0.2, -0.15) is 0 Å². The highest BCUT2D eigenvalue weighted by molar-refractivity contribution is 5.96. The largest absolute Gasteiger partial charge is 0.452 e. The standard InChI is InChI=1S/C13H14F2N2O4/c1-2-3-16-13(20)17-11(18)7-21-12(19)8-4-9(14)6-10(15)5-8/h4-6H,2-3,7H2,1H3,(H2,16,17,18,20). The number of imide groups is 1. The monoisotopic (exact) mass is 300 g/mol. The Bertz CT molecular complexity index is 529. The molecule has 0 saturated heterocycles. The lowest BCUT2D eigenvalue weighted by molar-refractivity contribution is -0.123. The van der Waals surface area contributed by atoms with Crippen molar-refractivity contribution in [1.29, 1.82) is 0 Å². The molecule has 21 heavy (non-hydrogen) atoms. The van der Waals surface area contributed by atoms with E-state index in [0.29, 0.717) is 19.0 Å². The average Bonchev–Trinajstić information content (AvgIpc) is 2.41. The fourth-order valence-corrected chi connectivity index (χ4v) is 1.33. The minimum atomic E-state index is -1.07. The molecule has 1 rings (SSSR count). The molecule has 0 unspecified atom stereocenters.